The molecule has 2 atom stereocenters. The fraction of sp³-hybridized carbons (Fsp3) is 0.833. The molecule has 1 saturated heterocycles. The van der Waals surface area contributed by atoms with Gasteiger partial charge in [-0.2, -0.15) is 0 Å². The van der Waals surface area contributed by atoms with Crippen molar-refractivity contribution in [2.75, 3.05) is 13.1 Å². The molecule has 0 aromatic heterocycles. The highest BCUT2D eigenvalue weighted by atomic mass is 16.3. The van der Waals surface area contributed by atoms with E-state index in [1.807, 2.05) is 0 Å². The Morgan fingerprint density at radius 1 is 1.47 bits per heavy atom. The van der Waals surface area contributed by atoms with Crippen LogP contribution in [0.15, 0.2) is 0 Å². The summed E-state index contributed by atoms with van der Waals surface area (Å²) in [6, 6.07) is 0.194. The zero-order valence-corrected chi connectivity index (χ0v) is 10.8. The molecule has 1 heterocycles. The number of hydrogen-bond acceptors (Lipinski definition) is 4. The highest BCUT2D eigenvalue weighted by molar-refractivity contribution is 5.84. The van der Waals surface area contributed by atoms with Crippen molar-refractivity contribution in [3.63, 3.8) is 0 Å². The Bertz CT molecular complexity index is 291. The monoisotopic (exact) mass is 242 g/mol. The van der Waals surface area contributed by atoms with Crippen LogP contribution in [-0.2, 0) is 9.59 Å². The Kier molecular flexibility index (Phi) is 5.08. The minimum Gasteiger partial charge on any atom is -0.391 e. The van der Waals surface area contributed by atoms with Crippen molar-refractivity contribution in [1.82, 2.24) is 10.2 Å². The molecule has 0 saturated carbocycles. The number of rotatable bonds is 5. The third-order valence-electron chi connectivity index (χ3n) is 3.15. The smallest absolute Gasteiger partial charge is 0.222 e. The summed E-state index contributed by atoms with van der Waals surface area (Å²) >= 11 is 0. The zero-order chi connectivity index (χ0) is 13.0. The van der Waals surface area contributed by atoms with Crippen molar-refractivity contribution >= 4 is 11.7 Å². The first-order valence-corrected chi connectivity index (χ1v) is 6.11. The number of carbonyl (C=O) groups is 2. The van der Waals surface area contributed by atoms with Crippen LogP contribution in [-0.4, -0.2) is 53.0 Å². The lowest BCUT2D eigenvalue weighted by Crippen LogP contribution is -2.43. The predicted octanol–water partition coefficient (Wildman–Crippen LogP) is -0.0747. The Morgan fingerprint density at radius 2 is 2.12 bits per heavy atom. The van der Waals surface area contributed by atoms with Crippen molar-refractivity contribution in [2.24, 2.45) is 0 Å². The molecule has 5 nitrogen and oxygen atoms in total. The van der Waals surface area contributed by atoms with Gasteiger partial charge in [-0.05, 0) is 27.2 Å². The second kappa shape index (κ2) is 6.12. The Morgan fingerprint density at radius 3 is 2.65 bits per heavy atom. The average molecular weight is 242 g/mol. The van der Waals surface area contributed by atoms with Gasteiger partial charge in [-0.25, -0.2) is 0 Å². The van der Waals surface area contributed by atoms with Crippen molar-refractivity contribution in [2.45, 2.75) is 51.8 Å². The lowest BCUT2D eigenvalue weighted by Gasteiger charge is -2.29. The van der Waals surface area contributed by atoms with Crippen LogP contribution < -0.4 is 5.32 Å². The third kappa shape index (κ3) is 4.09. The molecule has 0 radical (unpaired) electrons. The minimum atomic E-state index is -0.444. The molecule has 2 N–H and O–H groups in total. The lowest BCUT2D eigenvalue weighted by atomic mass is 10.1. The Balaban J connectivity index is 2.47. The molecular weight excluding hydrogens is 220 g/mol. The first kappa shape index (κ1) is 14.1. The van der Waals surface area contributed by atoms with Gasteiger partial charge in [-0.1, -0.05) is 0 Å². The van der Waals surface area contributed by atoms with Crippen molar-refractivity contribution in [3.05, 3.63) is 0 Å². The highest BCUT2D eigenvalue weighted by Crippen LogP contribution is 2.22. The third-order valence-corrected chi connectivity index (χ3v) is 3.15. The van der Waals surface area contributed by atoms with E-state index < -0.39 is 6.10 Å². The second-order valence-electron chi connectivity index (χ2n) is 4.94. The fourth-order valence-corrected chi connectivity index (χ4v) is 2.24. The van der Waals surface area contributed by atoms with Crippen LogP contribution in [0.2, 0.25) is 0 Å². The molecule has 0 aromatic rings. The summed E-state index contributed by atoms with van der Waals surface area (Å²) in [5.74, 6) is -0.233. The zero-order valence-electron chi connectivity index (χ0n) is 10.8. The number of carbonyl (C=O) groups excluding carboxylic acids is 2. The van der Waals surface area contributed by atoms with Crippen LogP contribution in [0.25, 0.3) is 0 Å². The summed E-state index contributed by atoms with van der Waals surface area (Å²) in [7, 11) is 0. The molecule has 1 amide bonds. The summed E-state index contributed by atoms with van der Waals surface area (Å²) < 4.78 is 0. The van der Waals surface area contributed by atoms with Gasteiger partial charge >= 0.3 is 0 Å². The molecule has 17 heavy (non-hydrogen) atoms. The molecular formula is C12H22N2O3. The Labute approximate surface area is 102 Å². The van der Waals surface area contributed by atoms with Gasteiger partial charge in [0.1, 0.15) is 5.78 Å². The van der Waals surface area contributed by atoms with Crippen molar-refractivity contribution in [3.8, 4) is 0 Å². The number of nitrogens with zero attached hydrogens (tertiary/aromatic N) is 1. The maximum atomic E-state index is 11.6. The molecule has 1 aliphatic rings. The summed E-state index contributed by atoms with van der Waals surface area (Å²) in [6.45, 7) is 6.44. The average Bonchev–Trinajstić information content (AvgIpc) is 2.58. The molecule has 1 aliphatic heterocycles. The van der Waals surface area contributed by atoms with Gasteiger partial charge in [0.25, 0.3) is 0 Å². The molecule has 0 unspecified atom stereocenters. The van der Waals surface area contributed by atoms with Crippen molar-refractivity contribution in [1.29, 1.82) is 0 Å². The first-order chi connectivity index (χ1) is 7.91. The molecule has 0 aromatic carbocycles. The number of amides is 1. The maximum absolute atomic E-state index is 11.6. The van der Waals surface area contributed by atoms with E-state index in [0.717, 1.165) is 6.54 Å². The number of likely N-dealkylation sites (tertiary alicyclic amines) is 1. The van der Waals surface area contributed by atoms with Gasteiger partial charge in [0.2, 0.25) is 5.91 Å². The topological polar surface area (TPSA) is 69.6 Å². The fourth-order valence-electron chi connectivity index (χ4n) is 2.24. The number of hydrogen-bond donors (Lipinski definition) is 2. The number of aliphatic hydroxyl groups excluding tert-OH is 1. The second-order valence-corrected chi connectivity index (χ2v) is 4.94. The van der Waals surface area contributed by atoms with Crippen molar-refractivity contribution < 1.29 is 14.7 Å². The summed E-state index contributed by atoms with van der Waals surface area (Å²) in [4.78, 5) is 24.5. The SMILES string of the molecule is CC(=O)CNC(=O)C[C@@H]1[C@@H](O)CCN1C(C)C. The predicted molar refractivity (Wildman–Crippen MR) is 64.6 cm³/mol. The molecule has 5 heteroatoms. The summed E-state index contributed by atoms with van der Waals surface area (Å²) in [5.41, 5.74) is 0. The van der Waals surface area contributed by atoms with Gasteiger partial charge in [-0.15, -0.1) is 0 Å². The molecule has 1 rings (SSSR count). The van der Waals surface area contributed by atoms with Crippen LogP contribution in [0.4, 0.5) is 0 Å². The standard InChI is InChI=1S/C12H22N2O3/c1-8(2)14-5-4-11(16)10(14)6-12(17)13-7-9(3)15/h8,10-11,16H,4-7H2,1-3H3,(H,13,17)/t10-,11+/m1/s1. The van der Waals surface area contributed by atoms with Gasteiger partial charge in [-0.3, -0.25) is 14.5 Å². The molecule has 1 fully saturated rings. The maximum Gasteiger partial charge on any atom is 0.222 e. The number of aliphatic hydroxyl groups is 1. The van der Waals surface area contributed by atoms with E-state index in [-0.39, 0.29) is 30.7 Å². The van der Waals surface area contributed by atoms with E-state index in [1.165, 1.54) is 6.92 Å². The lowest BCUT2D eigenvalue weighted by molar-refractivity contribution is -0.125. The van der Waals surface area contributed by atoms with Gasteiger partial charge in [0.05, 0.1) is 12.6 Å². The molecule has 0 aliphatic carbocycles. The van der Waals surface area contributed by atoms with E-state index in [9.17, 15) is 14.7 Å². The van der Waals surface area contributed by atoms with Gasteiger partial charge in [0, 0.05) is 25.0 Å². The highest BCUT2D eigenvalue weighted by Gasteiger charge is 2.35. The molecule has 0 spiro atoms. The van der Waals surface area contributed by atoms with E-state index in [0.29, 0.717) is 12.5 Å². The van der Waals surface area contributed by atoms with E-state index in [2.05, 4.69) is 24.1 Å². The molecule has 98 valence electrons. The van der Waals surface area contributed by atoms with Crippen LogP contribution in [0.1, 0.15) is 33.6 Å². The molecule has 0 bridgehead atoms. The van der Waals surface area contributed by atoms with Crippen LogP contribution in [0.3, 0.4) is 0 Å². The van der Waals surface area contributed by atoms with E-state index >= 15 is 0 Å². The summed E-state index contributed by atoms with van der Waals surface area (Å²) in [5, 5.41) is 12.4. The van der Waals surface area contributed by atoms with Crippen LogP contribution >= 0.6 is 0 Å². The van der Waals surface area contributed by atoms with Crippen LogP contribution in [0.5, 0.6) is 0 Å². The normalized spacial score (nSPS) is 25.2. The van der Waals surface area contributed by atoms with Gasteiger partial charge < -0.3 is 10.4 Å². The summed E-state index contributed by atoms with van der Waals surface area (Å²) in [6.07, 6.45) is 0.524. The first-order valence-electron chi connectivity index (χ1n) is 6.11. The van der Waals surface area contributed by atoms with E-state index in [4.69, 9.17) is 0 Å². The van der Waals surface area contributed by atoms with Gasteiger partial charge in [0.15, 0.2) is 0 Å². The van der Waals surface area contributed by atoms with Crippen LogP contribution in [0, 0.1) is 0 Å². The number of ketones is 1. The number of Topliss-reactive ketones (excluding diaryl/α,β-unsaturated/α-hetero) is 1. The van der Waals surface area contributed by atoms with E-state index in [1.54, 1.807) is 0 Å². The largest absolute Gasteiger partial charge is 0.391 e. The minimum absolute atomic E-state index is 0.0639. The Hall–Kier alpha value is -0.940. The number of nitrogens with one attached hydrogen (secondary N) is 1. The quantitative estimate of drug-likeness (QED) is 0.708.